The summed E-state index contributed by atoms with van der Waals surface area (Å²) in [5, 5.41) is 0. The molecule has 1 saturated carbocycles. The third-order valence-corrected chi connectivity index (χ3v) is 2.92. The highest BCUT2D eigenvalue weighted by Gasteiger charge is 2.21. The van der Waals surface area contributed by atoms with E-state index >= 15 is 0 Å². The predicted molar refractivity (Wildman–Crippen MR) is 57.1 cm³/mol. The van der Waals surface area contributed by atoms with Gasteiger partial charge in [-0.05, 0) is 24.5 Å². The minimum Gasteiger partial charge on any atom is -0.342 e. The fourth-order valence-corrected chi connectivity index (χ4v) is 1.87. The van der Waals surface area contributed by atoms with Gasteiger partial charge in [0.05, 0.1) is 11.0 Å². The van der Waals surface area contributed by atoms with Crippen LogP contribution in [0.15, 0.2) is 24.3 Å². The minimum atomic E-state index is 0.989. The number of hydrogen-bond donors (Lipinski definition) is 1. The largest absolute Gasteiger partial charge is 0.342 e. The van der Waals surface area contributed by atoms with Crippen LogP contribution in [0, 0.1) is 5.92 Å². The third kappa shape index (κ3) is 1.52. The maximum atomic E-state index is 4.56. The Morgan fingerprint density at radius 3 is 2.93 bits per heavy atom. The zero-order valence-electron chi connectivity index (χ0n) is 8.16. The fraction of sp³-hybridized carbons (Fsp3) is 0.417. The first-order chi connectivity index (χ1) is 6.92. The molecule has 1 aromatic heterocycles. The molecule has 1 fully saturated rings. The van der Waals surface area contributed by atoms with Crippen molar-refractivity contribution in [1.82, 2.24) is 9.97 Å². The maximum absolute atomic E-state index is 4.56. The number of nitrogens with one attached hydrogen (secondary N) is 1. The SMILES string of the molecule is c1ccc2[nH]c(CCC3CC3)nc2c1. The van der Waals surface area contributed by atoms with Crippen molar-refractivity contribution in [3.8, 4) is 0 Å². The van der Waals surface area contributed by atoms with Crippen LogP contribution in [0.5, 0.6) is 0 Å². The number of hydrogen-bond acceptors (Lipinski definition) is 1. The summed E-state index contributed by atoms with van der Waals surface area (Å²) >= 11 is 0. The van der Waals surface area contributed by atoms with Crippen LogP contribution in [0.25, 0.3) is 11.0 Å². The summed E-state index contributed by atoms with van der Waals surface area (Å²) in [5.74, 6) is 2.14. The molecule has 1 aliphatic rings. The average molecular weight is 186 g/mol. The van der Waals surface area contributed by atoms with Crippen molar-refractivity contribution < 1.29 is 0 Å². The second-order valence-corrected chi connectivity index (χ2v) is 4.18. The van der Waals surface area contributed by atoms with Crippen molar-refractivity contribution in [2.45, 2.75) is 25.7 Å². The first kappa shape index (κ1) is 8.04. The van der Waals surface area contributed by atoms with Gasteiger partial charge < -0.3 is 4.98 Å². The van der Waals surface area contributed by atoms with Crippen molar-refractivity contribution in [1.29, 1.82) is 0 Å². The number of rotatable bonds is 3. The molecule has 3 rings (SSSR count). The van der Waals surface area contributed by atoms with E-state index in [9.17, 15) is 0 Å². The maximum Gasteiger partial charge on any atom is 0.107 e. The smallest absolute Gasteiger partial charge is 0.107 e. The summed E-state index contributed by atoms with van der Waals surface area (Å²) in [6.07, 6.45) is 5.28. The van der Waals surface area contributed by atoms with Crippen molar-refractivity contribution in [3.63, 3.8) is 0 Å². The topological polar surface area (TPSA) is 28.7 Å². The highest BCUT2D eigenvalue weighted by molar-refractivity contribution is 5.74. The molecule has 2 heteroatoms. The number of aromatic amines is 1. The van der Waals surface area contributed by atoms with Crippen LogP contribution in [0.1, 0.15) is 25.1 Å². The Kier molecular flexibility index (Phi) is 1.79. The van der Waals surface area contributed by atoms with Gasteiger partial charge in [0.15, 0.2) is 0 Å². The van der Waals surface area contributed by atoms with Crippen molar-refractivity contribution in [2.75, 3.05) is 0 Å². The first-order valence-corrected chi connectivity index (χ1v) is 5.35. The monoisotopic (exact) mass is 186 g/mol. The average Bonchev–Trinajstić information content (AvgIpc) is 2.94. The molecule has 2 nitrogen and oxygen atoms in total. The molecule has 0 radical (unpaired) electrons. The van der Waals surface area contributed by atoms with Crippen LogP contribution in [0.4, 0.5) is 0 Å². The van der Waals surface area contributed by atoms with Crippen LogP contribution in [0.3, 0.4) is 0 Å². The van der Waals surface area contributed by atoms with E-state index in [0.717, 1.165) is 23.7 Å². The van der Waals surface area contributed by atoms with Gasteiger partial charge in [-0.15, -0.1) is 0 Å². The van der Waals surface area contributed by atoms with E-state index in [4.69, 9.17) is 0 Å². The van der Waals surface area contributed by atoms with Gasteiger partial charge in [0.25, 0.3) is 0 Å². The van der Waals surface area contributed by atoms with Gasteiger partial charge in [-0.1, -0.05) is 25.0 Å². The molecule has 1 heterocycles. The fourth-order valence-electron chi connectivity index (χ4n) is 1.87. The number of para-hydroxylation sites is 2. The Labute approximate surface area is 83.4 Å². The standard InChI is InChI=1S/C12H14N2/c1-2-4-11-10(3-1)13-12(14-11)8-7-9-5-6-9/h1-4,9H,5-8H2,(H,13,14). The summed E-state index contributed by atoms with van der Waals surface area (Å²) in [6, 6.07) is 8.23. The van der Waals surface area contributed by atoms with Crippen LogP contribution in [-0.2, 0) is 6.42 Å². The van der Waals surface area contributed by atoms with Gasteiger partial charge in [-0.25, -0.2) is 4.98 Å². The van der Waals surface area contributed by atoms with Crippen LogP contribution >= 0.6 is 0 Å². The van der Waals surface area contributed by atoms with Gasteiger partial charge in [0.2, 0.25) is 0 Å². The molecular weight excluding hydrogens is 172 g/mol. The number of benzene rings is 1. The van der Waals surface area contributed by atoms with Crippen LogP contribution in [-0.4, -0.2) is 9.97 Å². The second-order valence-electron chi connectivity index (χ2n) is 4.18. The number of aromatic nitrogens is 2. The molecule has 72 valence electrons. The molecule has 0 unspecified atom stereocenters. The molecule has 0 atom stereocenters. The number of nitrogens with zero attached hydrogens (tertiary/aromatic N) is 1. The summed E-state index contributed by atoms with van der Waals surface area (Å²) in [6.45, 7) is 0. The van der Waals surface area contributed by atoms with Crippen LogP contribution < -0.4 is 0 Å². The summed E-state index contributed by atoms with van der Waals surface area (Å²) in [5.41, 5.74) is 2.26. The molecule has 2 aromatic rings. The lowest BCUT2D eigenvalue weighted by Crippen LogP contribution is -1.88. The molecule has 14 heavy (non-hydrogen) atoms. The Morgan fingerprint density at radius 2 is 2.14 bits per heavy atom. The molecule has 0 bridgehead atoms. The molecule has 1 N–H and O–H groups in total. The van der Waals surface area contributed by atoms with E-state index in [1.807, 2.05) is 12.1 Å². The van der Waals surface area contributed by atoms with E-state index in [0.29, 0.717) is 0 Å². The van der Waals surface area contributed by atoms with E-state index in [1.54, 1.807) is 0 Å². The third-order valence-electron chi connectivity index (χ3n) is 2.92. The molecule has 0 spiro atoms. The lowest BCUT2D eigenvalue weighted by atomic mass is 10.2. The quantitative estimate of drug-likeness (QED) is 0.784. The van der Waals surface area contributed by atoms with Crippen molar-refractivity contribution in [2.24, 2.45) is 5.92 Å². The van der Waals surface area contributed by atoms with Gasteiger partial charge in [-0.2, -0.15) is 0 Å². The lowest BCUT2D eigenvalue weighted by molar-refractivity contribution is 0.705. The van der Waals surface area contributed by atoms with Gasteiger partial charge in [-0.3, -0.25) is 0 Å². The predicted octanol–water partition coefficient (Wildman–Crippen LogP) is 2.91. The zero-order chi connectivity index (χ0) is 9.38. The number of imidazole rings is 1. The summed E-state index contributed by atoms with van der Waals surface area (Å²) < 4.78 is 0. The summed E-state index contributed by atoms with van der Waals surface area (Å²) in [7, 11) is 0. The number of fused-ring (bicyclic) bond motifs is 1. The molecule has 1 aromatic carbocycles. The second kappa shape index (κ2) is 3.12. The highest BCUT2D eigenvalue weighted by atomic mass is 14.9. The van der Waals surface area contributed by atoms with Gasteiger partial charge >= 0.3 is 0 Å². The van der Waals surface area contributed by atoms with E-state index in [1.165, 1.54) is 24.8 Å². The van der Waals surface area contributed by atoms with E-state index in [2.05, 4.69) is 22.1 Å². The van der Waals surface area contributed by atoms with E-state index in [-0.39, 0.29) is 0 Å². The highest BCUT2D eigenvalue weighted by Crippen LogP contribution is 2.33. The Hall–Kier alpha value is -1.31. The first-order valence-electron chi connectivity index (χ1n) is 5.35. The van der Waals surface area contributed by atoms with Gasteiger partial charge in [0.1, 0.15) is 5.82 Å². The van der Waals surface area contributed by atoms with Crippen molar-refractivity contribution in [3.05, 3.63) is 30.1 Å². The molecule has 1 aliphatic carbocycles. The number of H-pyrrole nitrogens is 1. The lowest BCUT2D eigenvalue weighted by Gasteiger charge is -1.92. The normalized spacial score (nSPS) is 16.3. The molecular formula is C12H14N2. The van der Waals surface area contributed by atoms with E-state index < -0.39 is 0 Å². The van der Waals surface area contributed by atoms with Crippen molar-refractivity contribution >= 4 is 11.0 Å². The number of aryl methyl sites for hydroxylation is 1. The Balaban J connectivity index is 1.82. The molecule has 0 aliphatic heterocycles. The zero-order valence-corrected chi connectivity index (χ0v) is 8.16. The Bertz CT molecular complexity index is 407. The Morgan fingerprint density at radius 1 is 1.29 bits per heavy atom. The molecule has 0 saturated heterocycles. The summed E-state index contributed by atoms with van der Waals surface area (Å²) in [4.78, 5) is 7.92. The van der Waals surface area contributed by atoms with Gasteiger partial charge in [0, 0.05) is 6.42 Å². The minimum absolute atomic E-state index is 0.989. The van der Waals surface area contributed by atoms with Crippen LogP contribution in [0.2, 0.25) is 0 Å². The molecule has 0 amide bonds.